The molecule has 2 aliphatic rings. The van der Waals surface area contributed by atoms with Crippen molar-refractivity contribution in [3.63, 3.8) is 0 Å². The molecule has 0 unspecified atom stereocenters. The molecule has 0 fully saturated rings. The van der Waals surface area contributed by atoms with Crippen LogP contribution < -0.4 is 5.73 Å². The third-order valence-corrected chi connectivity index (χ3v) is 6.63. The first-order valence-electron chi connectivity index (χ1n) is 10.3. The molecule has 0 radical (unpaired) electrons. The van der Waals surface area contributed by atoms with Gasteiger partial charge in [-0.2, -0.15) is 0 Å². The second-order valence-corrected chi connectivity index (χ2v) is 8.40. The van der Waals surface area contributed by atoms with E-state index in [1.54, 1.807) is 11.0 Å². The average Bonchev–Trinajstić information content (AvgIpc) is 3.16. The number of hydrogen-bond acceptors (Lipinski definition) is 2. The van der Waals surface area contributed by atoms with E-state index >= 15 is 0 Å². The molecule has 0 atom stereocenters. The molecule has 5 rings (SSSR count). The number of benzene rings is 3. The maximum absolute atomic E-state index is 12.2. The van der Waals surface area contributed by atoms with Crippen LogP contribution in [0.4, 0.5) is 0 Å². The second-order valence-electron chi connectivity index (χ2n) is 7.99. The minimum atomic E-state index is -0.467. The number of fused-ring (bicyclic) bond motifs is 4. The molecule has 4 nitrogen and oxygen atoms in total. The highest BCUT2D eigenvalue weighted by molar-refractivity contribution is 6.35. The molecule has 31 heavy (non-hydrogen) atoms. The first-order chi connectivity index (χ1) is 15.0. The van der Waals surface area contributed by atoms with Crippen molar-refractivity contribution in [2.75, 3.05) is 6.54 Å². The number of halogens is 1. The van der Waals surface area contributed by atoms with Crippen LogP contribution in [0.15, 0.2) is 61.2 Å². The molecule has 2 amide bonds. The first-order valence-corrected chi connectivity index (χ1v) is 10.6. The fourth-order valence-electron chi connectivity index (χ4n) is 4.92. The highest BCUT2D eigenvalue weighted by Crippen LogP contribution is 2.49. The lowest BCUT2D eigenvalue weighted by molar-refractivity contribution is -0.126. The van der Waals surface area contributed by atoms with Gasteiger partial charge >= 0.3 is 0 Å². The van der Waals surface area contributed by atoms with Gasteiger partial charge in [-0.1, -0.05) is 60.6 Å². The number of amides is 2. The van der Waals surface area contributed by atoms with Crippen LogP contribution in [0.1, 0.15) is 32.6 Å². The zero-order chi connectivity index (χ0) is 21.7. The van der Waals surface area contributed by atoms with Crippen LogP contribution in [0.3, 0.4) is 0 Å². The smallest absolute Gasteiger partial charge is 0.249 e. The Morgan fingerprint density at radius 3 is 2.52 bits per heavy atom. The molecule has 1 aliphatic heterocycles. The molecule has 0 aromatic heterocycles. The standard InChI is InChI=1S/C26H21ClN2O2/c1-2-23(30)29-11-10-17-16(14-29)7-5-9-19(17)25-22(27)13-21(26(28)31)20-12-15-6-3-4-8-18(15)24(20)25/h2-9,13H,1,10-12,14H2,(H2,28,31). The molecular weight excluding hydrogens is 408 g/mol. The quantitative estimate of drug-likeness (QED) is 0.479. The normalized spacial score (nSPS) is 13.9. The lowest BCUT2D eigenvalue weighted by Gasteiger charge is -2.30. The van der Waals surface area contributed by atoms with E-state index in [-0.39, 0.29) is 5.91 Å². The Morgan fingerprint density at radius 1 is 1.00 bits per heavy atom. The number of hydrogen-bond donors (Lipinski definition) is 1. The molecule has 1 heterocycles. The minimum absolute atomic E-state index is 0.0604. The fourth-order valence-corrected chi connectivity index (χ4v) is 5.23. The van der Waals surface area contributed by atoms with Gasteiger partial charge in [-0.25, -0.2) is 0 Å². The van der Waals surface area contributed by atoms with E-state index in [1.165, 1.54) is 11.6 Å². The van der Waals surface area contributed by atoms with Crippen molar-refractivity contribution in [2.45, 2.75) is 19.4 Å². The molecule has 3 aromatic rings. The van der Waals surface area contributed by atoms with Gasteiger partial charge in [0.15, 0.2) is 0 Å². The molecule has 0 saturated carbocycles. The number of rotatable bonds is 3. The number of nitrogens with two attached hydrogens (primary N) is 1. The predicted octanol–water partition coefficient (Wildman–Crippen LogP) is 4.75. The molecule has 0 saturated heterocycles. The van der Waals surface area contributed by atoms with E-state index in [1.807, 2.05) is 18.2 Å². The Hall–Kier alpha value is -3.37. The van der Waals surface area contributed by atoms with Crippen LogP contribution in [0.5, 0.6) is 0 Å². The summed E-state index contributed by atoms with van der Waals surface area (Å²) in [7, 11) is 0. The largest absolute Gasteiger partial charge is 0.366 e. The Bertz CT molecular complexity index is 1280. The van der Waals surface area contributed by atoms with E-state index in [0.717, 1.165) is 45.4 Å². The highest BCUT2D eigenvalue weighted by atomic mass is 35.5. The predicted molar refractivity (Wildman–Crippen MR) is 123 cm³/mol. The molecule has 154 valence electrons. The van der Waals surface area contributed by atoms with Crippen molar-refractivity contribution < 1.29 is 9.59 Å². The van der Waals surface area contributed by atoms with Crippen molar-refractivity contribution in [2.24, 2.45) is 5.73 Å². The maximum atomic E-state index is 12.2. The summed E-state index contributed by atoms with van der Waals surface area (Å²) < 4.78 is 0. The van der Waals surface area contributed by atoms with Gasteiger partial charge in [0.25, 0.3) is 0 Å². The minimum Gasteiger partial charge on any atom is -0.366 e. The van der Waals surface area contributed by atoms with Crippen molar-refractivity contribution >= 4 is 23.4 Å². The van der Waals surface area contributed by atoms with Crippen molar-refractivity contribution in [1.29, 1.82) is 0 Å². The lowest BCUT2D eigenvalue weighted by Crippen LogP contribution is -2.34. The summed E-state index contributed by atoms with van der Waals surface area (Å²) in [5.74, 6) is -0.527. The van der Waals surface area contributed by atoms with Gasteiger partial charge < -0.3 is 10.6 Å². The Balaban J connectivity index is 1.74. The number of primary amides is 1. The molecule has 5 heteroatoms. The van der Waals surface area contributed by atoms with Gasteiger partial charge in [-0.05, 0) is 63.9 Å². The second kappa shape index (κ2) is 7.40. The molecular formula is C26H21ClN2O2. The SMILES string of the molecule is C=CC(=O)N1CCc2c(cccc2-c2c(Cl)cc(C(N)=O)c3c2-c2ccccc2C3)C1. The van der Waals surface area contributed by atoms with Crippen LogP contribution in [0.2, 0.25) is 5.02 Å². The summed E-state index contributed by atoms with van der Waals surface area (Å²) in [6.07, 6.45) is 2.75. The molecule has 3 aromatic carbocycles. The van der Waals surface area contributed by atoms with E-state index in [0.29, 0.717) is 30.1 Å². The average molecular weight is 429 g/mol. The zero-order valence-corrected chi connectivity index (χ0v) is 17.7. The number of nitrogens with zero attached hydrogens (tertiary/aromatic N) is 1. The van der Waals surface area contributed by atoms with Gasteiger partial charge in [-0.3, -0.25) is 9.59 Å². The van der Waals surface area contributed by atoms with Crippen molar-refractivity contribution in [1.82, 2.24) is 4.90 Å². The third kappa shape index (κ3) is 3.06. The van der Waals surface area contributed by atoms with E-state index < -0.39 is 5.91 Å². The van der Waals surface area contributed by atoms with E-state index in [2.05, 4.69) is 30.8 Å². The fraction of sp³-hybridized carbons (Fsp3) is 0.154. The monoisotopic (exact) mass is 428 g/mol. The summed E-state index contributed by atoms with van der Waals surface area (Å²) in [4.78, 5) is 26.1. The van der Waals surface area contributed by atoms with Crippen LogP contribution >= 0.6 is 11.6 Å². The lowest BCUT2D eigenvalue weighted by atomic mass is 9.85. The molecule has 2 N–H and O–H groups in total. The van der Waals surface area contributed by atoms with Gasteiger partial charge in [0, 0.05) is 29.2 Å². The topological polar surface area (TPSA) is 63.4 Å². The van der Waals surface area contributed by atoms with Crippen molar-refractivity contribution in [3.05, 3.63) is 94.0 Å². The number of carbonyl (C=O) groups is 2. The molecule has 0 bridgehead atoms. The van der Waals surface area contributed by atoms with Gasteiger partial charge in [0.05, 0.1) is 0 Å². The maximum Gasteiger partial charge on any atom is 0.249 e. The summed E-state index contributed by atoms with van der Waals surface area (Å²) in [6.45, 7) is 4.78. The Labute approximate surface area is 185 Å². The van der Waals surface area contributed by atoms with Gasteiger partial charge in [0.1, 0.15) is 0 Å². The van der Waals surface area contributed by atoms with Gasteiger partial charge in [0.2, 0.25) is 11.8 Å². The van der Waals surface area contributed by atoms with E-state index in [4.69, 9.17) is 17.3 Å². The molecule has 0 spiro atoms. The van der Waals surface area contributed by atoms with Gasteiger partial charge in [-0.15, -0.1) is 0 Å². The number of carbonyl (C=O) groups excluding carboxylic acids is 2. The third-order valence-electron chi connectivity index (χ3n) is 6.33. The summed E-state index contributed by atoms with van der Waals surface area (Å²) >= 11 is 6.82. The summed E-state index contributed by atoms with van der Waals surface area (Å²) in [6, 6.07) is 16.0. The highest BCUT2D eigenvalue weighted by Gasteiger charge is 2.30. The summed E-state index contributed by atoms with van der Waals surface area (Å²) in [5, 5.41) is 0.516. The van der Waals surface area contributed by atoms with E-state index in [9.17, 15) is 9.59 Å². The van der Waals surface area contributed by atoms with Crippen molar-refractivity contribution in [3.8, 4) is 22.3 Å². The van der Waals surface area contributed by atoms with Crippen LogP contribution in [-0.2, 0) is 24.2 Å². The van der Waals surface area contributed by atoms with Crippen LogP contribution in [0.25, 0.3) is 22.3 Å². The summed E-state index contributed by atoms with van der Waals surface area (Å²) in [5.41, 5.74) is 14.7. The Kier molecular flexibility index (Phi) is 4.67. The Morgan fingerprint density at radius 2 is 1.74 bits per heavy atom. The molecule has 1 aliphatic carbocycles. The first kappa shape index (κ1) is 19.6. The zero-order valence-electron chi connectivity index (χ0n) is 17.0. The van der Waals surface area contributed by atoms with Crippen LogP contribution in [0, 0.1) is 0 Å². The van der Waals surface area contributed by atoms with Crippen LogP contribution in [-0.4, -0.2) is 23.3 Å².